The zero-order valence-corrected chi connectivity index (χ0v) is 14.0. The van der Waals surface area contributed by atoms with Gasteiger partial charge >= 0.3 is 0 Å². The summed E-state index contributed by atoms with van der Waals surface area (Å²) in [5.74, 6) is 1.31. The lowest BCUT2D eigenvalue weighted by Crippen LogP contribution is -2.01. The minimum absolute atomic E-state index is 0.361. The second kappa shape index (κ2) is 6.45. The van der Waals surface area contributed by atoms with E-state index in [4.69, 9.17) is 8.94 Å². The van der Waals surface area contributed by atoms with Gasteiger partial charge in [-0.2, -0.15) is 4.98 Å². The van der Waals surface area contributed by atoms with Gasteiger partial charge in [-0.25, -0.2) is 0 Å². The van der Waals surface area contributed by atoms with Crippen molar-refractivity contribution in [3.8, 4) is 11.6 Å². The van der Waals surface area contributed by atoms with Crippen molar-refractivity contribution in [2.24, 2.45) is 0 Å². The topological polar surface area (TPSA) is 72.3 Å². The Balaban J connectivity index is 2.01. The van der Waals surface area contributed by atoms with Gasteiger partial charge in [0.15, 0.2) is 5.76 Å². The quantitative estimate of drug-likeness (QED) is 0.702. The van der Waals surface area contributed by atoms with Crippen LogP contribution < -0.4 is 0 Å². The Morgan fingerprint density at radius 1 is 1.33 bits per heavy atom. The van der Waals surface area contributed by atoms with Gasteiger partial charge in [0.2, 0.25) is 5.82 Å². The van der Waals surface area contributed by atoms with E-state index in [1.165, 1.54) is 0 Å². The molecule has 24 heavy (non-hydrogen) atoms. The predicted octanol–water partition coefficient (Wildman–Crippen LogP) is 4.44. The van der Waals surface area contributed by atoms with Crippen LogP contribution in [0.2, 0.25) is 0 Å². The van der Waals surface area contributed by atoms with E-state index < -0.39 is 6.10 Å². The molecule has 5 heteroatoms. The van der Waals surface area contributed by atoms with E-state index >= 15 is 0 Å². The molecule has 0 amide bonds. The molecule has 0 bridgehead atoms. The molecule has 2 heterocycles. The van der Waals surface area contributed by atoms with Crippen molar-refractivity contribution in [1.82, 2.24) is 10.1 Å². The molecule has 124 valence electrons. The lowest BCUT2D eigenvalue weighted by molar-refractivity contribution is 0.200. The fourth-order valence-electron chi connectivity index (χ4n) is 2.64. The largest absolute Gasteiger partial charge is 0.452 e. The van der Waals surface area contributed by atoms with E-state index in [1.807, 2.05) is 26.0 Å². The number of aliphatic hydroxyl groups excluding tert-OH is 1. The smallest absolute Gasteiger partial charge is 0.254 e. The van der Waals surface area contributed by atoms with E-state index in [0.717, 1.165) is 27.7 Å². The Morgan fingerprint density at radius 2 is 2.08 bits per heavy atom. The average molecular weight is 324 g/mol. The monoisotopic (exact) mass is 324 g/mol. The van der Waals surface area contributed by atoms with Gasteiger partial charge in [-0.3, -0.25) is 0 Å². The molecule has 5 nitrogen and oxygen atoms in total. The third-order valence-electron chi connectivity index (χ3n) is 3.85. The number of benzene rings is 1. The van der Waals surface area contributed by atoms with Crippen LogP contribution in [0.4, 0.5) is 0 Å². The summed E-state index contributed by atoms with van der Waals surface area (Å²) in [5.41, 5.74) is 3.77. The average Bonchev–Trinajstić information content (AvgIpc) is 3.17. The van der Waals surface area contributed by atoms with Gasteiger partial charge in [-0.05, 0) is 38.0 Å². The van der Waals surface area contributed by atoms with Gasteiger partial charge in [0.1, 0.15) is 5.58 Å². The highest BCUT2D eigenvalue weighted by atomic mass is 16.5. The van der Waals surface area contributed by atoms with Crippen LogP contribution in [0.3, 0.4) is 0 Å². The third kappa shape index (κ3) is 3.03. The molecule has 0 aliphatic carbocycles. The molecule has 0 spiro atoms. The van der Waals surface area contributed by atoms with Gasteiger partial charge in [0.25, 0.3) is 5.89 Å². The number of rotatable bonds is 5. The van der Waals surface area contributed by atoms with Crippen molar-refractivity contribution in [3.05, 3.63) is 53.9 Å². The molecule has 3 rings (SSSR count). The molecule has 1 unspecified atom stereocenters. The Kier molecular flexibility index (Phi) is 4.36. The van der Waals surface area contributed by atoms with Crippen LogP contribution in [0.1, 0.15) is 30.4 Å². The van der Waals surface area contributed by atoms with Crippen LogP contribution in [0, 0.1) is 13.8 Å². The molecule has 1 atom stereocenters. The van der Waals surface area contributed by atoms with Crippen LogP contribution in [-0.2, 0) is 0 Å². The van der Waals surface area contributed by atoms with Gasteiger partial charge in [-0.15, -0.1) is 0 Å². The lowest BCUT2D eigenvalue weighted by atomic mass is 10.1. The zero-order valence-electron chi connectivity index (χ0n) is 14.0. The zero-order chi connectivity index (χ0) is 17.3. The molecule has 0 fully saturated rings. The normalized spacial score (nSPS) is 13.4. The second-order valence-corrected chi connectivity index (χ2v) is 5.96. The van der Waals surface area contributed by atoms with E-state index in [1.54, 1.807) is 19.1 Å². The fourth-order valence-corrected chi connectivity index (χ4v) is 2.64. The van der Waals surface area contributed by atoms with E-state index in [9.17, 15) is 5.11 Å². The van der Waals surface area contributed by atoms with E-state index in [0.29, 0.717) is 23.9 Å². The number of furan rings is 1. The van der Waals surface area contributed by atoms with Gasteiger partial charge in [0.05, 0.1) is 6.10 Å². The number of aryl methyl sites for hydroxylation is 2. The van der Waals surface area contributed by atoms with Crippen LogP contribution in [-0.4, -0.2) is 21.4 Å². The van der Waals surface area contributed by atoms with Crippen molar-refractivity contribution in [3.63, 3.8) is 0 Å². The van der Waals surface area contributed by atoms with Crippen molar-refractivity contribution in [2.75, 3.05) is 0 Å². The first kappa shape index (κ1) is 16.2. The number of hydrogen-bond acceptors (Lipinski definition) is 5. The molecular weight excluding hydrogens is 304 g/mol. The standard InChI is InChI=1S/C19H20N2O3/c1-5-6-14(9-13(4)22)19-20-18(21-24-19)16-10-15-11(2)7-8-12(3)17(15)23-16/h5-8,10,13,22H,1,9H2,2-4H3/b14-6+. The van der Waals surface area contributed by atoms with Crippen LogP contribution in [0.5, 0.6) is 0 Å². The van der Waals surface area contributed by atoms with Crippen molar-refractivity contribution >= 4 is 16.5 Å². The van der Waals surface area contributed by atoms with Crippen molar-refractivity contribution < 1.29 is 14.0 Å². The molecule has 1 aromatic carbocycles. The fraction of sp³-hybridized carbons (Fsp3) is 0.263. The number of aliphatic hydroxyl groups is 1. The van der Waals surface area contributed by atoms with E-state index in [2.05, 4.69) is 22.8 Å². The second-order valence-electron chi connectivity index (χ2n) is 5.96. The number of aromatic nitrogens is 2. The first-order valence-corrected chi connectivity index (χ1v) is 7.83. The van der Waals surface area contributed by atoms with Crippen LogP contribution >= 0.6 is 0 Å². The Morgan fingerprint density at radius 3 is 2.75 bits per heavy atom. The summed E-state index contributed by atoms with van der Waals surface area (Å²) < 4.78 is 11.3. The number of hydrogen-bond donors (Lipinski definition) is 1. The first-order valence-electron chi connectivity index (χ1n) is 7.83. The molecule has 0 radical (unpaired) electrons. The number of nitrogens with zero attached hydrogens (tertiary/aromatic N) is 2. The summed E-state index contributed by atoms with van der Waals surface area (Å²) in [4.78, 5) is 4.41. The molecule has 0 aliphatic heterocycles. The number of fused-ring (bicyclic) bond motifs is 1. The summed E-state index contributed by atoms with van der Waals surface area (Å²) in [6.07, 6.45) is 3.29. The third-order valence-corrected chi connectivity index (χ3v) is 3.85. The summed E-state index contributed by atoms with van der Waals surface area (Å²) >= 11 is 0. The molecule has 3 aromatic rings. The maximum absolute atomic E-state index is 9.61. The molecule has 1 N–H and O–H groups in total. The van der Waals surface area contributed by atoms with E-state index in [-0.39, 0.29) is 0 Å². The summed E-state index contributed by atoms with van der Waals surface area (Å²) in [6, 6.07) is 6.02. The predicted molar refractivity (Wildman–Crippen MR) is 93.5 cm³/mol. The van der Waals surface area contributed by atoms with Gasteiger partial charge < -0.3 is 14.0 Å². The molecular formula is C19H20N2O3. The van der Waals surface area contributed by atoms with Gasteiger partial charge in [-0.1, -0.05) is 36.0 Å². The highest BCUT2D eigenvalue weighted by Gasteiger charge is 2.18. The van der Waals surface area contributed by atoms with Crippen molar-refractivity contribution in [1.29, 1.82) is 0 Å². The Labute approximate surface area is 140 Å². The highest BCUT2D eigenvalue weighted by Crippen LogP contribution is 2.31. The Bertz CT molecular complexity index is 877. The molecule has 0 aliphatic rings. The number of allylic oxidation sites excluding steroid dienone is 2. The maximum atomic E-state index is 9.61. The van der Waals surface area contributed by atoms with Crippen molar-refractivity contribution in [2.45, 2.75) is 33.3 Å². The molecule has 2 aromatic heterocycles. The Hall–Kier alpha value is -2.66. The minimum atomic E-state index is -0.511. The first-order chi connectivity index (χ1) is 11.5. The van der Waals surface area contributed by atoms with Gasteiger partial charge in [0, 0.05) is 17.4 Å². The highest BCUT2D eigenvalue weighted by molar-refractivity contribution is 5.87. The SMILES string of the molecule is C=C/C=C(\CC(C)O)c1nc(-c2cc3c(C)ccc(C)c3o2)no1. The van der Waals surface area contributed by atoms with Crippen LogP contribution in [0.15, 0.2) is 45.9 Å². The maximum Gasteiger partial charge on any atom is 0.254 e. The summed E-state index contributed by atoms with van der Waals surface area (Å²) in [7, 11) is 0. The minimum Gasteiger partial charge on any atom is -0.452 e. The summed E-state index contributed by atoms with van der Waals surface area (Å²) in [6.45, 7) is 9.43. The lowest BCUT2D eigenvalue weighted by Gasteiger charge is -2.03. The summed E-state index contributed by atoms with van der Waals surface area (Å²) in [5, 5.41) is 14.7. The molecule has 0 saturated heterocycles. The molecule has 0 saturated carbocycles. The van der Waals surface area contributed by atoms with Crippen LogP contribution in [0.25, 0.3) is 28.1 Å².